The van der Waals surface area contributed by atoms with Crippen molar-refractivity contribution < 1.29 is 13.6 Å². The summed E-state index contributed by atoms with van der Waals surface area (Å²) in [5.74, 6) is -1.25. The average Bonchev–Trinajstić information content (AvgIpc) is 2.36. The van der Waals surface area contributed by atoms with Gasteiger partial charge in [0.2, 0.25) is 0 Å². The van der Waals surface area contributed by atoms with Crippen LogP contribution in [0.15, 0.2) is 18.2 Å². The van der Waals surface area contributed by atoms with E-state index < -0.39 is 11.6 Å². The van der Waals surface area contributed by atoms with Crippen LogP contribution in [0.4, 0.5) is 19.3 Å². The number of nitrogens with one attached hydrogen (secondary N) is 1. The fraction of sp³-hybridized carbons (Fsp3) is 0.462. The zero-order valence-electron chi connectivity index (χ0n) is 10.7. The molecule has 19 heavy (non-hydrogen) atoms. The molecule has 2 atom stereocenters. The summed E-state index contributed by atoms with van der Waals surface area (Å²) in [4.78, 5) is 13.6. The van der Waals surface area contributed by atoms with E-state index in [0.717, 1.165) is 18.6 Å². The van der Waals surface area contributed by atoms with Gasteiger partial charge in [0.15, 0.2) is 0 Å². The first-order valence-electron chi connectivity index (χ1n) is 6.24. The van der Waals surface area contributed by atoms with Gasteiger partial charge in [0.05, 0.1) is 5.69 Å². The zero-order chi connectivity index (χ0) is 14.0. The number of anilines is 1. The Kier molecular flexibility index (Phi) is 3.99. The number of likely N-dealkylation sites (tertiary alicyclic amines) is 1. The van der Waals surface area contributed by atoms with Crippen LogP contribution in [0.2, 0.25) is 0 Å². The second-order valence-corrected chi connectivity index (χ2v) is 4.93. The van der Waals surface area contributed by atoms with E-state index in [2.05, 4.69) is 5.32 Å². The molecule has 2 rings (SSSR count). The van der Waals surface area contributed by atoms with E-state index in [1.807, 2.05) is 6.92 Å². The Morgan fingerprint density at radius 1 is 1.47 bits per heavy atom. The molecule has 0 aromatic heterocycles. The lowest BCUT2D eigenvalue weighted by molar-refractivity contribution is 0.172. The number of hydrogen-bond acceptors (Lipinski definition) is 2. The lowest BCUT2D eigenvalue weighted by Gasteiger charge is -2.35. The fourth-order valence-corrected chi connectivity index (χ4v) is 2.13. The zero-order valence-corrected chi connectivity index (χ0v) is 10.7. The summed E-state index contributed by atoms with van der Waals surface area (Å²) < 4.78 is 26.2. The third kappa shape index (κ3) is 3.20. The second-order valence-electron chi connectivity index (χ2n) is 4.93. The number of halogens is 2. The SMILES string of the molecule is CC1CN(C(=O)Nc2ccc(F)cc2F)CCC1N. The molecule has 104 valence electrons. The first kappa shape index (κ1) is 13.7. The maximum Gasteiger partial charge on any atom is 0.321 e. The lowest BCUT2D eigenvalue weighted by atomic mass is 9.95. The van der Waals surface area contributed by atoms with Crippen molar-refractivity contribution in [1.82, 2.24) is 4.90 Å². The van der Waals surface area contributed by atoms with Crippen LogP contribution < -0.4 is 11.1 Å². The molecule has 1 aliphatic heterocycles. The lowest BCUT2D eigenvalue weighted by Crippen LogP contribution is -2.49. The Morgan fingerprint density at radius 3 is 2.84 bits per heavy atom. The molecule has 0 bridgehead atoms. The maximum atomic E-state index is 13.4. The van der Waals surface area contributed by atoms with E-state index in [1.165, 1.54) is 6.07 Å². The Balaban J connectivity index is 2.01. The number of hydrogen-bond donors (Lipinski definition) is 2. The third-order valence-electron chi connectivity index (χ3n) is 3.43. The van der Waals surface area contributed by atoms with Crippen LogP contribution in [0.3, 0.4) is 0 Å². The number of benzene rings is 1. The Hall–Kier alpha value is -1.69. The minimum absolute atomic E-state index is 0.0195. The molecule has 3 N–H and O–H groups in total. The smallest absolute Gasteiger partial charge is 0.321 e. The van der Waals surface area contributed by atoms with Crippen LogP contribution in [-0.2, 0) is 0 Å². The fourth-order valence-electron chi connectivity index (χ4n) is 2.13. The van der Waals surface area contributed by atoms with Gasteiger partial charge in [0, 0.05) is 25.2 Å². The summed E-state index contributed by atoms with van der Waals surface area (Å²) in [5.41, 5.74) is 5.85. The van der Waals surface area contributed by atoms with Gasteiger partial charge in [-0.2, -0.15) is 0 Å². The summed E-state index contributed by atoms with van der Waals surface area (Å²) in [6.45, 7) is 3.05. The molecule has 1 aromatic rings. The molecule has 1 saturated heterocycles. The summed E-state index contributed by atoms with van der Waals surface area (Å²) in [6.07, 6.45) is 0.723. The molecular weight excluding hydrogens is 252 g/mol. The van der Waals surface area contributed by atoms with Gasteiger partial charge in [-0.15, -0.1) is 0 Å². The highest BCUT2D eigenvalue weighted by molar-refractivity contribution is 5.89. The molecule has 1 heterocycles. The van der Waals surface area contributed by atoms with Crippen LogP contribution in [0.25, 0.3) is 0 Å². The molecule has 0 spiro atoms. The Bertz CT molecular complexity index is 481. The quantitative estimate of drug-likeness (QED) is 0.821. The molecule has 0 saturated carbocycles. The summed E-state index contributed by atoms with van der Waals surface area (Å²) >= 11 is 0. The first-order valence-corrected chi connectivity index (χ1v) is 6.24. The predicted molar refractivity (Wildman–Crippen MR) is 68.7 cm³/mol. The number of piperidine rings is 1. The highest BCUT2D eigenvalue weighted by Crippen LogP contribution is 2.18. The molecule has 1 fully saturated rings. The van der Waals surface area contributed by atoms with Crippen molar-refractivity contribution in [2.45, 2.75) is 19.4 Å². The van der Waals surface area contributed by atoms with Crippen LogP contribution in [0, 0.1) is 17.6 Å². The van der Waals surface area contributed by atoms with Gasteiger partial charge in [-0.05, 0) is 24.5 Å². The van der Waals surface area contributed by atoms with Crippen molar-refractivity contribution in [1.29, 1.82) is 0 Å². The predicted octanol–water partition coefficient (Wildman–Crippen LogP) is 2.17. The second kappa shape index (κ2) is 5.52. The molecule has 2 amide bonds. The van der Waals surface area contributed by atoms with E-state index in [-0.39, 0.29) is 23.7 Å². The van der Waals surface area contributed by atoms with Crippen molar-refractivity contribution in [3.8, 4) is 0 Å². The van der Waals surface area contributed by atoms with Gasteiger partial charge in [0.1, 0.15) is 11.6 Å². The normalized spacial score (nSPS) is 23.3. The third-order valence-corrected chi connectivity index (χ3v) is 3.43. The van der Waals surface area contributed by atoms with Crippen molar-refractivity contribution in [3.05, 3.63) is 29.8 Å². The number of urea groups is 1. The molecule has 2 unspecified atom stereocenters. The Labute approximate surface area is 110 Å². The van der Waals surface area contributed by atoms with Gasteiger partial charge in [0.25, 0.3) is 0 Å². The number of amides is 2. The molecule has 1 aromatic carbocycles. The molecule has 6 heteroatoms. The first-order chi connectivity index (χ1) is 8.97. The van der Waals surface area contributed by atoms with Gasteiger partial charge in [-0.3, -0.25) is 0 Å². The summed E-state index contributed by atoms with van der Waals surface area (Å²) in [5, 5.41) is 2.45. The van der Waals surface area contributed by atoms with Gasteiger partial charge < -0.3 is 16.0 Å². The molecule has 0 aliphatic carbocycles. The van der Waals surface area contributed by atoms with E-state index >= 15 is 0 Å². The van der Waals surface area contributed by atoms with Crippen molar-refractivity contribution in [2.24, 2.45) is 11.7 Å². The molecule has 4 nitrogen and oxygen atoms in total. The Morgan fingerprint density at radius 2 is 2.21 bits per heavy atom. The molecule has 0 radical (unpaired) electrons. The van der Waals surface area contributed by atoms with Crippen LogP contribution in [0.5, 0.6) is 0 Å². The average molecular weight is 269 g/mol. The maximum absolute atomic E-state index is 13.4. The van der Waals surface area contributed by atoms with Crippen molar-refractivity contribution >= 4 is 11.7 Å². The number of rotatable bonds is 1. The van der Waals surface area contributed by atoms with Crippen LogP contribution in [-0.4, -0.2) is 30.1 Å². The van der Waals surface area contributed by atoms with E-state index in [4.69, 9.17) is 5.73 Å². The summed E-state index contributed by atoms with van der Waals surface area (Å²) in [6, 6.07) is 2.76. The van der Waals surface area contributed by atoms with Crippen LogP contribution >= 0.6 is 0 Å². The standard InChI is InChI=1S/C13H17F2N3O/c1-8-7-18(5-4-11(8)16)13(19)17-12-3-2-9(14)6-10(12)15/h2-3,6,8,11H,4-5,7,16H2,1H3,(H,17,19). The van der Waals surface area contributed by atoms with Gasteiger partial charge in [-0.25, -0.2) is 13.6 Å². The highest BCUT2D eigenvalue weighted by Gasteiger charge is 2.26. The molecule has 1 aliphatic rings. The van der Waals surface area contributed by atoms with E-state index in [9.17, 15) is 13.6 Å². The minimum atomic E-state index is -0.782. The van der Waals surface area contributed by atoms with E-state index in [1.54, 1.807) is 4.90 Å². The van der Waals surface area contributed by atoms with Crippen LogP contribution in [0.1, 0.15) is 13.3 Å². The number of carbonyl (C=O) groups excluding carboxylic acids is 1. The largest absolute Gasteiger partial charge is 0.327 e. The van der Waals surface area contributed by atoms with Crippen molar-refractivity contribution in [2.75, 3.05) is 18.4 Å². The monoisotopic (exact) mass is 269 g/mol. The molecular formula is C13H17F2N3O. The number of nitrogens with two attached hydrogens (primary N) is 1. The van der Waals surface area contributed by atoms with Crippen molar-refractivity contribution in [3.63, 3.8) is 0 Å². The number of carbonyl (C=O) groups is 1. The minimum Gasteiger partial charge on any atom is -0.327 e. The van der Waals surface area contributed by atoms with Gasteiger partial charge >= 0.3 is 6.03 Å². The number of nitrogens with zero attached hydrogens (tertiary/aromatic N) is 1. The summed E-state index contributed by atoms with van der Waals surface area (Å²) in [7, 11) is 0. The highest BCUT2D eigenvalue weighted by atomic mass is 19.1. The van der Waals surface area contributed by atoms with Gasteiger partial charge in [-0.1, -0.05) is 6.92 Å². The van der Waals surface area contributed by atoms with E-state index in [0.29, 0.717) is 13.1 Å². The topological polar surface area (TPSA) is 58.4 Å².